The number of unbranched alkanes of at least 4 members (excludes halogenated alkanes) is 2. The van der Waals surface area contributed by atoms with Gasteiger partial charge in [-0.05, 0) is 43.2 Å². The highest BCUT2D eigenvalue weighted by molar-refractivity contribution is 7.99. The lowest BCUT2D eigenvalue weighted by Crippen LogP contribution is -2.35. The molecule has 1 aliphatic heterocycles. The zero-order valence-corrected chi connectivity index (χ0v) is 21.2. The molecule has 1 aromatic heterocycles. The SMILES string of the molecule is COc1cccc(CN2CCOCC2)c1OCCCCCSc1cc(C(F)(F)F)nc2ccccc12. The summed E-state index contributed by atoms with van der Waals surface area (Å²) in [6, 6.07) is 14.1. The molecule has 2 aromatic carbocycles. The number of hydrogen-bond donors (Lipinski definition) is 0. The smallest absolute Gasteiger partial charge is 0.433 e. The lowest BCUT2D eigenvalue weighted by atomic mass is 10.1. The Morgan fingerprint density at radius 2 is 1.83 bits per heavy atom. The summed E-state index contributed by atoms with van der Waals surface area (Å²) in [5, 5.41) is 0.753. The van der Waals surface area contributed by atoms with Crippen LogP contribution >= 0.6 is 11.8 Å². The van der Waals surface area contributed by atoms with Crippen molar-refractivity contribution < 1.29 is 27.4 Å². The first-order valence-electron chi connectivity index (χ1n) is 12.1. The highest BCUT2D eigenvalue weighted by Crippen LogP contribution is 2.35. The average molecular weight is 521 g/mol. The van der Waals surface area contributed by atoms with Gasteiger partial charge in [-0.15, -0.1) is 11.8 Å². The van der Waals surface area contributed by atoms with Crippen LogP contribution in [-0.4, -0.2) is 55.7 Å². The van der Waals surface area contributed by atoms with Gasteiger partial charge in [-0.1, -0.05) is 30.3 Å². The predicted molar refractivity (Wildman–Crippen MR) is 136 cm³/mol. The van der Waals surface area contributed by atoms with Crippen LogP contribution in [0.4, 0.5) is 13.2 Å². The second-order valence-electron chi connectivity index (χ2n) is 8.62. The molecule has 4 rings (SSSR count). The number of methoxy groups -OCH3 is 1. The van der Waals surface area contributed by atoms with Crippen LogP contribution in [-0.2, 0) is 17.5 Å². The van der Waals surface area contributed by atoms with Crippen molar-refractivity contribution in [2.75, 3.05) is 45.8 Å². The minimum Gasteiger partial charge on any atom is -0.493 e. The third-order valence-electron chi connectivity index (χ3n) is 6.04. The topological polar surface area (TPSA) is 43.8 Å². The lowest BCUT2D eigenvalue weighted by molar-refractivity contribution is -0.141. The number of morpholine rings is 1. The van der Waals surface area contributed by atoms with Crippen molar-refractivity contribution in [3.8, 4) is 11.5 Å². The molecule has 1 fully saturated rings. The van der Waals surface area contributed by atoms with Gasteiger partial charge in [-0.25, -0.2) is 4.98 Å². The third kappa shape index (κ3) is 7.05. The molecule has 3 aromatic rings. The van der Waals surface area contributed by atoms with Crippen LogP contribution in [0.3, 0.4) is 0 Å². The van der Waals surface area contributed by atoms with E-state index >= 15 is 0 Å². The first kappa shape index (κ1) is 26.6. The third-order valence-corrected chi connectivity index (χ3v) is 7.18. The minimum absolute atomic E-state index is 0.368. The van der Waals surface area contributed by atoms with Crippen LogP contribution in [0.1, 0.15) is 30.5 Å². The molecule has 1 saturated heterocycles. The Bertz CT molecular complexity index is 1140. The molecule has 0 unspecified atom stereocenters. The molecule has 0 N–H and O–H groups in total. The Labute approximate surface area is 213 Å². The monoisotopic (exact) mass is 520 g/mol. The second-order valence-corrected chi connectivity index (χ2v) is 9.75. The van der Waals surface area contributed by atoms with E-state index < -0.39 is 11.9 Å². The first-order chi connectivity index (χ1) is 17.5. The Hall–Kier alpha value is -2.49. The van der Waals surface area contributed by atoms with Gasteiger partial charge in [-0.2, -0.15) is 13.2 Å². The minimum atomic E-state index is -4.46. The number of fused-ring (bicyclic) bond motifs is 1. The largest absolute Gasteiger partial charge is 0.493 e. The zero-order chi connectivity index (χ0) is 25.4. The second kappa shape index (κ2) is 12.7. The number of para-hydroxylation sites is 2. The van der Waals surface area contributed by atoms with Crippen molar-refractivity contribution >= 4 is 22.7 Å². The average Bonchev–Trinajstić information content (AvgIpc) is 2.88. The van der Waals surface area contributed by atoms with E-state index in [0.717, 1.165) is 86.4 Å². The van der Waals surface area contributed by atoms with Crippen LogP contribution in [0, 0.1) is 0 Å². The summed E-state index contributed by atoms with van der Waals surface area (Å²) in [7, 11) is 1.64. The van der Waals surface area contributed by atoms with Gasteiger partial charge in [0.05, 0.1) is 32.4 Å². The Kier molecular flexibility index (Phi) is 9.34. The summed E-state index contributed by atoms with van der Waals surface area (Å²) >= 11 is 1.45. The van der Waals surface area contributed by atoms with E-state index in [0.29, 0.717) is 17.0 Å². The number of aromatic nitrogens is 1. The summed E-state index contributed by atoms with van der Waals surface area (Å²) in [6.07, 6.45) is -1.83. The number of thioether (sulfide) groups is 1. The highest BCUT2D eigenvalue weighted by Gasteiger charge is 2.33. The van der Waals surface area contributed by atoms with E-state index in [1.807, 2.05) is 24.3 Å². The number of alkyl halides is 3. The van der Waals surface area contributed by atoms with Gasteiger partial charge in [0.2, 0.25) is 0 Å². The normalized spacial score (nSPS) is 14.8. The van der Waals surface area contributed by atoms with Crippen LogP contribution in [0.15, 0.2) is 53.4 Å². The van der Waals surface area contributed by atoms with E-state index in [9.17, 15) is 13.2 Å². The van der Waals surface area contributed by atoms with E-state index in [4.69, 9.17) is 14.2 Å². The molecule has 0 saturated carbocycles. The predicted octanol–water partition coefficient (Wildman–Crippen LogP) is 6.44. The van der Waals surface area contributed by atoms with Gasteiger partial charge in [-0.3, -0.25) is 4.90 Å². The molecule has 9 heteroatoms. The number of benzene rings is 2. The first-order valence-corrected chi connectivity index (χ1v) is 13.1. The van der Waals surface area contributed by atoms with Crippen LogP contribution in [0.25, 0.3) is 10.9 Å². The molecular weight excluding hydrogens is 489 g/mol. The molecule has 0 amide bonds. The maximum atomic E-state index is 13.3. The molecule has 0 radical (unpaired) electrons. The number of pyridine rings is 1. The quantitative estimate of drug-likeness (QED) is 0.214. The van der Waals surface area contributed by atoms with E-state index in [1.165, 1.54) is 11.8 Å². The fourth-order valence-electron chi connectivity index (χ4n) is 4.16. The fourth-order valence-corrected chi connectivity index (χ4v) is 5.25. The summed E-state index contributed by atoms with van der Waals surface area (Å²) in [6.45, 7) is 4.61. The van der Waals surface area contributed by atoms with Crippen molar-refractivity contribution in [2.45, 2.75) is 36.9 Å². The lowest BCUT2D eigenvalue weighted by Gasteiger charge is -2.27. The summed E-state index contributed by atoms with van der Waals surface area (Å²) in [5.74, 6) is 2.23. The molecule has 0 spiro atoms. The van der Waals surface area contributed by atoms with Crippen LogP contribution < -0.4 is 9.47 Å². The number of hydrogen-bond acceptors (Lipinski definition) is 6. The van der Waals surface area contributed by atoms with Crippen molar-refractivity contribution in [3.63, 3.8) is 0 Å². The zero-order valence-electron chi connectivity index (χ0n) is 20.4. The molecular formula is C27H31F3N2O3S. The van der Waals surface area contributed by atoms with Crippen LogP contribution in [0.2, 0.25) is 0 Å². The van der Waals surface area contributed by atoms with Gasteiger partial charge >= 0.3 is 6.18 Å². The van der Waals surface area contributed by atoms with E-state index in [-0.39, 0.29) is 0 Å². The van der Waals surface area contributed by atoms with Gasteiger partial charge in [0.25, 0.3) is 0 Å². The van der Waals surface area contributed by atoms with E-state index in [1.54, 1.807) is 19.2 Å². The van der Waals surface area contributed by atoms with Gasteiger partial charge in [0.15, 0.2) is 11.5 Å². The summed E-state index contributed by atoms with van der Waals surface area (Å²) in [5.41, 5.74) is 0.617. The van der Waals surface area contributed by atoms with Crippen molar-refractivity contribution in [1.29, 1.82) is 0 Å². The molecule has 0 bridgehead atoms. The standard InChI is InChI=1S/C27H31F3N2O3S/c1-33-23-11-7-8-20(19-32-12-15-34-16-13-32)26(23)35-14-5-2-6-17-36-24-18-25(27(28,29)30)31-22-10-4-3-9-21(22)24/h3-4,7-11,18H,2,5-6,12-17,19H2,1H3. The van der Waals surface area contributed by atoms with Gasteiger partial charge in [0.1, 0.15) is 5.69 Å². The maximum Gasteiger partial charge on any atom is 0.433 e. The Morgan fingerprint density at radius 1 is 1.03 bits per heavy atom. The van der Waals surface area contributed by atoms with Crippen molar-refractivity contribution in [2.24, 2.45) is 0 Å². The molecule has 5 nitrogen and oxygen atoms in total. The number of ether oxygens (including phenoxy) is 3. The Balaban J connectivity index is 1.28. The molecule has 0 aliphatic carbocycles. The van der Waals surface area contributed by atoms with Crippen molar-refractivity contribution in [3.05, 3.63) is 59.8 Å². The molecule has 36 heavy (non-hydrogen) atoms. The molecule has 194 valence electrons. The number of halogens is 3. The summed E-state index contributed by atoms with van der Waals surface area (Å²) < 4.78 is 57.0. The number of rotatable bonds is 11. The molecule has 0 atom stereocenters. The highest BCUT2D eigenvalue weighted by atomic mass is 32.2. The summed E-state index contributed by atoms with van der Waals surface area (Å²) in [4.78, 5) is 6.75. The fraction of sp³-hybridized carbons (Fsp3) is 0.444. The molecule has 1 aliphatic rings. The molecule has 2 heterocycles. The maximum absolute atomic E-state index is 13.3. The van der Waals surface area contributed by atoms with E-state index in [2.05, 4.69) is 16.0 Å². The van der Waals surface area contributed by atoms with Crippen molar-refractivity contribution in [1.82, 2.24) is 9.88 Å². The van der Waals surface area contributed by atoms with Crippen LogP contribution in [0.5, 0.6) is 11.5 Å². The Morgan fingerprint density at radius 3 is 2.61 bits per heavy atom. The van der Waals surface area contributed by atoms with Gasteiger partial charge < -0.3 is 14.2 Å². The van der Waals surface area contributed by atoms with Gasteiger partial charge in [0, 0.05) is 35.5 Å². The number of nitrogens with zero attached hydrogens (tertiary/aromatic N) is 2.